The van der Waals surface area contributed by atoms with Gasteiger partial charge in [0.1, 0.15) is 0 Å². The maximum absolute atomic E-state index is 2.79. The first kappa shape index (κ1) is 48.2. The predicted octanol–water partition coefficient (Wildman–Crippen LogP) is 17.5. The quantitative estimate of drug-likeness (QED) is 0.159. The number of hydrogen-bond acceptors (Lipinski definition) is 3. The zero-order valence-corrected chi connectivity index (χ0v) is 45.9. The van der Waals surface area contributed by atoms with Crippen LogP contribution in [0.2, 0.25) is 0 Å². The molecule has 2 atom stereocenters. The molecule has 4 aliphatic rings. The van der Waals surface area contributed by atoms with Crippen molar-refractivity contribution >= 4 is 68.6 Å². The number of para-hydroxylation sites is 1. The van der Waals surface area contributed by atoms with Crippen LogP contribution >= 0.6 is 0 Å². The summed E-state index contributed by atoms with van der Waals surface area (Å²) in [7, 11) is 0. The van der Waals surface area contributed by atoms with Gasteiger partial charge in [0.05, 0.1) is 11.2 Å². The topological polar surface area (TPSA) is 9.72 Å². The number of rotatable bonds is 5. The second-order valence-corrected chi connectivity index (χ2v) is 25.7. The first-order valence-corrected chi connectivity index (χ1v) is 27.7. The molecule has 1 aliphatic carbocycles. The molecule has 1 fully saturated rings. The summed E-state index contributed by atoms with van der Waals surface area (Å²) in [6, 6.07) is 68.3. The van der Waals surface area contributed by atoms with Crippen LogP contribution in [-0.2, 0) is 21.7 Å². The monoisotopic (exact) mass is 968 g/mol. The van der Waals surface area contributed by atoms with E-state index >= 15 is 0 Å². The van der Waals surface area contributed by atoms with Gasteiger partial charge in [-0.3, -0.25) is 0 Å². The van der Waals surface area contributed by atoms with E-state index in [1.165, 1.54) is 138 Å². The highest BCUT2D eigenvalue weighted by Gasteiger charge is 2.56. The number of hydrogen-bond donors (Lipinski definition) is 0. The van der Waals surface area contributed by atoms with Crippen LogP contribution in [0.5, 0.6) is 0 Å². The normalized spacial score (nSPS) is 19.2. The Kier molecular flexibility index (Phi) is 11.3. The van der Waals surface area contributed by atoms with Gasteiger partial charge in [0.2, 0.25) is 0 Å². The molecule has 0 N–H and O–H groups in total. The van der Waals surface area contributed by atoms with E-state index in [-0.39, 0.29) is 33.9 Å². The third-order valence-electron chi connectivity index (χ3n) is 18.0. The van der Waals surface area contributed by atoms with Crippen LogP contribution in [0.3, 0.4) is 0 Å². The summed E-state index contributed by atoms with van der Waals surface area (Å²) in [4.78, 5) is 8.08. The molecule has 3 aliphatic heterocycles. The van der Waals surface area contributed by atoms with Gasteiger partial charge in [0.15, 0.2) is 0 Å². The van der Waals surface area contributed by atoms with Crippen LogP contribution in [0.25, 0.3) is 22.3 Å². The lowest BCUT2D eigenvalue weighted by atomic mass is 9.33. The molecule has 12 rings (SSSR count). The lowest BCUT2D eigenvalue weighted by Crippen LogP contribution is -2.61. The Labute approximate surface area is 443 Å². The molecule has 8 aromatic rings. The first-order valence-electron chi connectivity index (χ1n) is 27.7. The van der Waals surface area contributed by atoms with E-state index < -0.39 is 0 Å². The summed E-state index contributed by atoms with van der Waals surface area (Å²) in [5.41, 5.74) is 24.2. The van der Waals surface area contributed by atoms with Crippen molar-refractivity contribution in [2.45, 2.75) is 142 Å². The molecule has 0 radical (unpaired) electrons. The highest BCUT2D eigenvalue weighted by atomic mass is 15.3. The van der Waals surface area contributed by atoms with Crippen molar-refractivity contribution in [3.05, 3.63) is 198 Å². The highest BCUT2D eigenvalue weighted by molar-refractivity contribution is 7.00. The first-order chi connectivity index (χ1) is 35.3. The summed E-state index contributed by atoms with van der Waals surface area (Å²) in [6.45, 7) is 26.2. The van der Waals surface area contributed by atoms with Gasteiger partial charge in [0.25, 0.3) is 6.71 Å². The molecule has 0 amide bonds. The van der Waals surface area contributed by atoms with Gasteiger partial charge >= 0.3 is 0 Å². The number of fused-ring (bicyclic) bond motifs is 7. The Morgan fingerprint density at radius 2 is 0.973 bits per heavy atom. The van der Waals surface area contributed by atoms with Crippen molar-refractivity contribution in [1.82, 2.24) is 0 Å². The van der Waals surface area contributed by atoms with E-state index in [0.717, 1.165) is 6.42 Å². The molecule has 74 heavy (non-hydrogen) atoms. The molecule has 0 spiro atoms. The van der Waals surface area contributed by atoms with Gasteiger partial charge in [-0.25, -0.2) is 0 Å². The van der Waals surface area contributed by atoms with E-state index in [1.807, 2.05) is 0 Å². The van der Waals surface area contributed by atoms with Gasteiger partial charge in [-0.05, 0) is 152 Å². The van der Waals surface area contributed by atoms with Gasteiger partial charge in [-0.15, -0.1) is 0 Å². The SMILES string of the molecule is CC(C)(C)c1ccc(N2c3cc(N4c5ccccc5C5(C)CCCCCCC45C)ccc3B3c4cc(-c5ccccc5)ccc4N(c4ccc(C(C)(C)C)cc4-c4ccccc4)c4cc(C(C)(C)C)cc2c43)cc1. The zero-order valence-electron chi connectivity index (χ0n) is 45.9. The van der Waals surface area contributed by atoms with E-state index in [9.17, 15) is 0 Å². The Balaban J connectivity index is 1.18. The molecule has 2 unspecified atom stereocenters. The van der Waals surface area contributed by atoms with Crippen molar-refractivity contribution in [2.75, 3.05) is 14.7 Å². The average molecular weight is 968 g/mol. The van der Waals surface area contributed by atoms with Crippen LogP contribution in [-0.4, -0.2) is 12.3 Å². The highest BCUT2D eigenvalue weighted by Crippen LogP contribution is 2.60. The molecule has 372 valence electrons. The third kappa shape index (κ3) is 7.68. The molecule has 4 heteroatoms. The average Bonchev–Trinajstić information content (AvgIpc) is 3.61. The van der Waals surface area contributed by atoms with Gasteiger partial charge in [0, 0.05) is 50.8 Å². The van der Waals surface area contributed by atoms with Gasteiger partial charge in [-0.1, -0.05) is 210 Å². The number of nitrogens with zero attached hydrogens (tertiary/aromatic N) is 3. The van der Waals surface area contributed by atoms with Crippen LogP contribution in [0.1, 0.15) is 137 Å². The Bertz CT molecular complexity index is 3440. The van der Waals surface area contributed by atoms with Crippen molar-refractivity contribution < 1.29 is 0 Å². The summed E-state index contributed by atoms with van der Waals surface area (Å²) < 4.78 is 0. The molecule has 0 saturated heterocycles. The molecule has 8 aromatic carbocycles. The smallest absolute Gasteiger partial charge is 0.252 e. The third-order valence-corrected chi connectivity index (χ3v) is 18.0. The summed E-state index contributed by atoms with van der Waals surface area (Å²) in [6.07, 6.45) is 7.47. The fourth-order valence-electron chi connectivity index (χ4n) is 13.5. The largest absolute Gasteiger partial charge is 0.334 e. The van der Waals surface area contributed by atoms with Crippen molar-refractivity contribution in [3.63, 3.8) is 0 Å². The van der Waals surface area contributed by atoms with Gasteiger partial charge in [-0.2, -0.15) is 0 Å². The maximum Gasteiger partial charge on any atom is 0.252 e. The molecule has 3 nitrogen and oxygen atoms in total. The fourth-order valence-corrected chi connectivity index (χ4v) is 13.5. The molecular weight excluding hydrogens is 894 g/mol. The second-order valence-electron chi connectivity index (χ2n) is 25.7. The maximum atomic E-state index is 2.79. The van der Waals surface area contributed by atoms with Gasteiger partial charge < -0.3 is 14.7 Å². The molecule has 0 aromatic heterocycles. The molecule has 0 bridgehead atoms. The minimum Gasteiger partial charge on any atom is -0.334 e. The van der Waals surface area contributed by atoms with Crippen LogP contribution < -0.4 is 31.1 Å². The summed E-state index contributed by atoms with van der Waals surface area (Å²) in [5.74, 6) is 0. The van der Waals surface area contributed by atoms with E-state index in [2.05, 4.69) is 267 Å². The van der Waals surface area contributed by atoms with Crippen LogP contribution in [0.15, 0.2) is 176 Å². The Morgan fingerprint density at radius 1 is 0.392 bits per heavy atom. The Morgan fingerprint density at radius 3 is 1.65 bits per heavy atom. The fraction of sp³-hybridized carbons (Fsp3) is 0.314. The van der Waals surface area contributed by atoms with E-state index in [0.29, 0.717) is 0 Å². The molecule has 3 heterocycles. The number of benzene rings is 8. The van der Waals surface area contributed by atoms with Crippen LogP contribution in [0, 0.1) is 0 Å². The summed E-state index contributed by atoms with van der Waals surface area (Å²) in [5, 5.41) is 0. The lowest BCUT2D eigenvalue weighted by Gasteiger charge is -2.49. The van der Waals surface area contributed by atoms with E-state index in [4.69, 9.17) is 0 Å². The Hall–Kier alpha value is -6.78. The van der Waals surface area contributed by atoms with Crippen molar-refractivity contribution in [1.29, 1.82) is 0 Å². The predicted molar refractivity (Wildman–Crippen MR) is 319 cm³/mol. The zero-order chi connectivity index (χ0) is 51.5. The minimum absolute atomic E-state index is 0.0183. The van der Waals surface area contributed by atoms with Crippen molar-refractivity contribution in [2.24, 2.45) is 0 Å². The summed E-state index contributed by atoms with van der Waals surface area (Å²) >= 11 is 0. The number of anilines is 8. The molecular formula is C70H74BN3. The lowest BCUT2D eigenvalue weighted by molar-refractivity contribution is 0.218. The molecule has 1 saturated carbocycles. The van der Waals surface area contributed by atoms with E-state index in [1.54, 1.807) is 0 Å². The minimum atomic E-state index is -0.150. The van der Waals surface area contributed by atoms with Crippen molar-refractivity contribution in [3.8, 4) is 22.3 Å². The second kappa shape index (κ2) is 17.4. The van der Waals surface area contributed by atoms with Crippen LogP contribution in [0.4, 0.5) is 45.5 Å². The standard InChI is InChI=1S/C70H74BN3/c1-66(2,3)50-31-34-53(35-32-50)72-62-46-54(74-60-29-21-20-28-56(60)69(10)40-22-12-13-23-41-70(69,74)11)36-37-57(62)71-58-42-49(47-24-16-14-17-25-47)30-38-61(58)73(64-45-52(68(7,8)9)44-63(72)65(64)71)59-39-33-51(67(4,5)6)43-55(59)48-26-18-15-19-27-48/h14-21,24-39,42-46H,12-13,22-23,40-41H2,1-11H3.